The summed E-state index contributed by atoms with van der Waals surface area (Å²) in [6.45, 7) is 8.05. The topological polar surface area (TPSA) is 35.9 Å². The van der Waals surface area contributed by atoms with Gasteiger partial charge in [0.2, 0.25) is 0 Å². The summed E-state index contributed by atoms with van der Waals surface area (Å²) in [6, 6.07) is 0. The molecule has 0 saturated carbocycles. The molecule has 0 amide bonds. The molecule has 0 fully saturated rings. The lowest BCUT2D eigenvalue weighted by Crippen LogP contribution is -2.14. The van der Waals surface area contributed by atoms with Crippen molar-refractivity contribution in [3.63, 3.8) is 0 Å². The molecule has 0 aliphatic rings. The lowest BCUT2D eigenvalue weighted by atomic mass is 9.97. The van der Waals surface area contributed by atoms with Crippen molar-refractivity contribution < 1.29 is 0 Å². The van der Waals surface area contributed by atoms with Crippen molar-refractivity contribution in [3.8, 4) is 0 Å². The fraction of sp³-hybridized carbons (Fsp3) is 0.667. The summed E-state index contributed by atoms with van der Waals surface area (Å²) in [5.74, 6) is 0.431. The van der Waals surface area contributed by atoms with Crippen LogP contribution in [0.1, 0.15) is 27.7 Å². The Morgan fingerprint density at radius 2 is 1.73 bits per heavy atom. The van der Waals surface area contributed by atoms with E-state index >= 15 is 0 Å². The molecule has 0 aliphatic carbocycles. The summed E-state index contributed by atoms with van der Waals surface area (Å²) in [5, 5.41) is 10.6. The van der Waals surface area contributed by atoms with E-state index < -0.39 is 0 Å². The minimum absolute atomic E-state index is 0.431. The van der Waals surface area contributed by atoms with E-state index in [1.807, 2.05) is 20.9 Å². The maximum Gasteiger partial charge on any atom is 0.0334 e. The molecular weight excluding hydrogens is 136 g/mol. The summed E-state index contributed by atoms with van der Waals surface area (Å²) in [7, 11) is 1.89. The fourth-order valence-electron chi connectivity index (χ4n) is 1.28. The van der Waals surface area contributed by atoms with E-state index in [2.05, 4.69) is 19.2 Å². The second-order valence-corrected chi connectivity index (χ2v) is 3.07. The van der Waals surface area contributed by atoms with Gasteiger partial charge >= 0.3 is 0 Å². The van der Waals surface area contributed by atoms with Gasteiger partial charge in [-0.05, 0) is 25.3 Å². The lowest BCUT2D eigenvalue weighted by molar-refractivity contribution is 0.770. The minimum Gasteiger partial charge on any atom is -0.391 e. The molecule has 2 nitrogen and oxygen atoms in total. The largest absolute Gasteiger partial charge is 0.391 e. The van der Waals surface area contributed by atoms with E-state index in [4.69, 9.17) is 5.41 Å². The Bertz CT molecular complexity index is 178. The fourth-order valence-corrected chi connectivity index (χ4v) is 1.28. The van der Waals surface area contributed by atoms with E-state index in [-0.39, 0.29) is 0 Å². The standard InChI is InChI=1S/C9H18N2/c1-6(2)9(7(3)10)8(4)11-5/h6,10-11H,1-5H3/b9-8-,10-7?. The molecule has 0 spiro atoms. The summed E-state index contributed by atoms with van der Waals surface area (Å²) in [4.78, 5) is 0. The molecule has 0 rings (SSSR count). The number of nitrogens with one attached hydrogen (secondary N) is 2. The Hall–Kier alpha value is -0.790. The number of allylic oxidation sites excluding steroid dienone is 2. The Labute approximate surface area is 69.2 Å². The molecule has 0 bridgehead atoms. The molecule has 0 aromatic heterocycles. The van der Waals surface area contributed by atoms with Gasteiger partial charge in [-0.2, -0.15) is 0 Å². The highest BCUT2D eigenvalue weighted by Gasteiger charge is 2.08. The second kappa shape index (κ2) is 4.16. The number of hydrogen-bond donors (Lipinski definition) is 2. The van der Waals surface area contributed by atoms with Gasteiger partial charge in [0.1, 0.15) is 0 Å². The van der Waals surface area contributed by atoms with Crippen LogP contribution >= 0.6 is 0 Å². The molecule has 0 unspecified atom stereocenters. The van der Waals surface area contributed by atoms with Gasteiger partial charge in [0, 0.05) is 18.5 Å². The highest BCUT2D eigenvalue weighted by molar-refractivity contribution is 5.96. The SMILES string of the molecule is CN/C(C)=C(\C(C)=N)C(C)C. The highest BCUT2D eigenvalue weighted by atomic mass is 14.8. The molecule has 2 N–H and O–H groups in total. The zero-order valence-electron chi connectivity index (χ0n) is 8.08. The van der Waals surface area contributed by atoms with Crippen molar-refractivity contribution in [1.82, 2.24) is 5.32 Å². The summed E-state index contributed by atoms with van der Waals surface area (Å²) >= 11 is 0. The molecule has 64 valence electrons. The second-order valence-electron chi connectivity index (χ2n) is 3.07. The predicted octanol–water partition coefficient (Wildman–Crippen LogP) is 2.18. The van der Waals surface area contributed by atoms with Crippen LogP contribution in [0.15, 0.2) is 11.3 Å². The Morgan fingerprint density at radius 1 is 1.27 bits per heavy atom. The van der Waals surface area contributed by atoms with Crippen LogP contribution in [-0.4, -0.2) is 12.8 Å². The average molecular weight is 154 g/mol. The maximum absolute atomic E-state index is 7.52. The third-order valence-corrected chi connectivity index (χ3v) is 1.76. The average Bonchev–Trinajstić information content (AvgIpc) is 1.85. The van der Waals surface area contributed by atoms with E-state index in [0.717, 1.165) is 11.3 Å². The van der Waals surface area contributed by atoms with Crippen LogP contribution in [0.4, 0.5) is 0 Å². The van der Waals surface area contributed by atoms with E-state index in [1.165, 1.54) is 0 Å². The van der Waals surface area contributed by atoms with Gasteiger partial charge in [0.15, 0.2) is 0 Å². The van der Waals surface area contributed by atoms with Gasteiger partial charge in [0.25, 0.3) is 0 Å². The molecule has 0 atom stereocenters. The first kappa shape index (κ1) is 10.2. The van der Waals surface area contributed by atoms with Crippen molar-refractivity contribution in [2.75, 3.05) is 7.05 Å². The zero-order valence-corrected chi connectivity index (χ0v) is 8.08. The van der Waals surface area contributed by atoms with Crippen LogP contribution in [0, 0.1) is 11.3 Å². The summed E-state index contributed by atoms with van der Waals surface area (Å²) in [6.07, 6.45) is 0. The van der Waals surface area contributed by atoms with Crippen molar-refractivity contribution >= 4 is 5.71 Å². The Kier molecular flexibility index (Phi) is 3.86. The Balaban J connectivity index is 4.73. The normalized spacial score (nSPS) is 12.9. The van der Waals surface area contributed by atoms with Gasteiger partial charge in [0.05, 0.1) is 0 Å². The number of hydrogen-bond acceptors (Lipinski definition) is 2. The van der Waals surface area contributed by atoms with Crippen molar-refractivity contribution in [3.05, 3.63) is 11.3 Å². The first-order valence-corrected chi connectivity index (χ1v) is 3.94. The third-order valence-electron chi connectivity index (χ3n) is 1.76. The lowest BCUT2D eigenvalue weighted by Gasteiger charge is -2.13. The molecule has 0 heterocycles. The number of rotatable bonds is 3. The van der Waals surface area contributed by atoms with Crippen molar-refractivity contribution in [2.24, 2.45) is 5.92 Å². The first-order valence-electron chi connectivity index (χ1n) is 3.94. The zero-order chi connectivity index (χ0) is 9.02. The first-order chi connectivity index (χ1) is 5.00. The highest BCUT2D eigenvalue weighted by Crippen LogP contribution is 2.13. The van der Waals surface area contributed by atoms with Gasteiger partial charge in [-0.3, -0.25) is 0 Å². The van der Waals surface area contributed by atoms with E-state index in [0.29, 0.717) is 11.6 Å². The minimum atomic E-state index is 0.431. The van der Waals surface area contributed by atoms with Crippen LogP contribution < -0.4 is 5.32 Å². The summed E-state index contributed by atoms with van der Waals surface area (Å²) in [5.41, 5.74) is 2.88. The molecule has 0 radical (unpaired) electrons. The molecule has 11 heavy (non-hydrogen) atoms. The third kappa shape index (κ3) is 2.74. The molecule has 0 aromatic carbocycles. The Morgan fingerprint density at radius 3 is 1.82 bits per heavy atom. The van der Waals surface area contributed by atoms with Crippen molar-refractivity contribution in [2.45, 2.75) is 27.7 Å². The molecule has 0 aliphatic heterocycles. The van der Waals surface area contributed by atoms with Gasteiger partial charge in [-0.1, -0.05) is 13.8 Å². The van der Waals surface area contributed by atoms with Crippen LogP contribution in [0.2, 0.25) is 0 Å². The summed E-state index contributed by atoms with van der Waals surface area (Å²) < 4.78 is 0. The van der Waals surface area contributed by atoms with Crippen LogP contribution in [0.3, 0.4) is 0 Å². The van der Waals surface area contributed by atoms with Crippen LogP contribution in [0.25, 0.3) is 0 Å². The van der Waals surface area contributed by atoms with Crippen LogP contribution in [-0.2, 0) is 0 Å². The monoisotopic (exact) mass is 154 g/mol. The maximum atomic E-state index is 7.52. The van der Waals surface area contributed by atoms with E-state index in [9.17, 15) is 0 Å². The molecule has 0 saturated heterocycles. The smallest absolute Gasteiger partial charge is 0.0334 e. The van der Waals surface area contributed by atoms with Gasteiger partial charge in [-0.25, -0.2) is 0 Å². The van der Waals surface area contributed by atoms with Gasteiger partial charge in [-0.15, -0.1) is 0 Å². The molecule has 0 aromatic rings. The molecular formula is C9H18N2. The van der Waals surface area contributed by atoms with E-state index in [1.54, 1.807) is 0 Å². The van der Waals surface area contributed by atoms with Gasteiger partial charge < -0.3 is 10.7 Å². The van der Waals surface area contributed by atoms with Crippen LogP contribution in [0.5, 0.6) is 0 Å². The van der Waals surface area contributed by atoms with Crippen molar-refractivity contribution in [1.29, 1.82) is 5.41 Å². The predicted molar refractivity (Wildman–Crippen MR) is 50.0 cm³/mol. The quantitative estimate of drug-likeness (QED) is 0.600. The molecule has 2 heteroatoms.